The summed E-state index contributed by atoms with van der Waals surface area (Å²) >= 11 is 1.37. The molecule has 0 saturated carbocycles. The third kappa shape index (κ3) is 3.45. The van der Waals surface area contributed by atoms with E-state index >= 15 is 0 Å². The van der Waals surface area contributed by atoms with Crippen LogP contribution in [-0.4, -0.2) is 26.2 Å². The van der Waals surface area contributed by atoms with E-state index in [1.54, 1.807) is 31.4 Å². The molecule has 4 heterocycles. The second kappa shape index (κ2) is 6.92. The number of carbonyl (C=O) groups excluding carboxylic acids is 1. The lowest BCUT2D eigenvalue weighted by Gasteiger charge is -2.05. The van der Waals surface area contributed by atoms with Crippen LogP contribution in [0.25, 0.3) is 22.6 Å². The maximum absolute atomic E-state index is 12.9. The molecular formula is C18H17N5O3S. The highest BCUT2D eigenvalue weighted by atomic mass is 32.1. The molecule has 8 nitrogen and oxygen atoms in total. The van der Waals surface area contributed by atoms with Crippen molar-refractivity contribution < 1.29 is 13.7 Å². The summed E-state index contributed by atoms with van der Waals surface area (Å²) in [7, 11) is 0. The van der Waals surface area contributed by atoms with Gasteiger partial charge in [0.1, 0.15) is 10.7 Å². The number of nitrogens with one attached hydrogen (secondary N) is 1. The quantitative estimate of drug-likeness (QED) is 0.553. The number of aromatic nitrogens is 4. The first-order valence-electron chi connectivity index (χ1n) is 8.46. The Balaban J connectivity index is 1.70. The first kappa shape index (κ1) is 17.3. The Morgan fingerprint density at radius 1 is 1.33 bits per heavy atom. The normalized spacial score (nSPS) is 11.4. The van der Waals surface area contributed by atoms with Gasteiger partial charge in [-0.25, -0.2) is 4.98 Å². The Labute approximate surface area is 158 Å². The molecule has 0 aliphatic heterocycles. The third-order valence-electron chi connectivity index (χ3n) is 3.91. The molecule has 4 aromatic heterocycles. The third-order valence-corrected chi connectivity index (χ3v) is 4.77. The molecule has 0 saturated heterocycles. The van der Waals surface area contributed by atoms with Crippen LogP contribution in [0.4, 0.5) is 5.13 Å². The van der Waals surface area contributed by atoms with Crippen LogP contribution in [0.1, 0.15) is 34.9 Å². The summed E-state index contributed by atoms with van der Waals surface area (Å²) in [6.07, 6.45) is 2.37. The Morgan fingerprint density at radius 3 is 2.93 bits per heavy atom. The first-order chi connectivity index (χ1) is 13.0. The highest BCUT2D eigenvalue weighted by molar-refractivity contribution is 7.15. The average Bonchev–Trinajstić information content (AvgIpc) is 3.36. The van der Waals surface area contributed by atoms with Crippen molar-refractivity contribution in [1.82, 2.24) is 20.3 Å². The molecule has 0 unspecified atom stereocenters. The number of amides is 1. The van der Waals surface area contributed by atoms with Crippen molar-refractivity contribution in [3.05, 3.63) is 40.7 Å². The second-order valence-corrected chi connectivity index (χ2v) is 7.60. The first-order valence-corrected chi connectivity index (χ1v) is 9.27. The molecule has 4 aromatic rings. The van der Waals surface area contributed by atoms with Crippen LogP contribution in [0.3, 0.4) is 0 Å². The van der Waals surface area contributed by atoms with Crippen LogP contribution in [0.15, 0.2) is 33.4 Å². The molecule has 0 bridgehead atoms. The number of carbonyl (C=O) groups is 1. The molecule has 1 N–H and O–H groups in total. The van der Waals surface area contributed by atoms with Crippen molar-refractivity contribution in [3.63, 3.8) is 0 Å². The highest BCUT2D eigenvalue weighted by Crippen LogP contribution is 2.28. The number of hydrogen-bond acceptors (Lipinski definition) is 8. The van der Waals surface area contributed by atoms with E-state index in [0.29, 0.717) is 39.1 Å². The molecule has 138 valence electrons. The predicted octanol–water partition coefficient (Wildman–Crippen LogP) is 4.09. The zero-order chi connectivity index (χ0) is 19.0. The van der Waals surface area contributed by atoms with Gasteiger partial charge in [0, 0.05) is 6.42 Å². The van der Waals surface area contributed by atoms with Gasteiger partial charge in [0.05, 0.1) is 22.9 Å². The number of furan rings is 1. The van der Waals surface area contributed by atoms with Gasteiger partial charge in [-0.2, -0.15) is 0 Å². The Bertz CT molecular complexity index is 1100. The maximum atomic E-state index is 12.9. The van der Waals surface area contributed by atoms with Crippen molar-refractivity contribution in [2.24, 2.45) is 5.92 Å². The van der Waals surface area contributed by atoms with Crippen LogP contribution in [0.5, 0.6) is 0 Å². The van der Waals surface area contributed by atoms with Crippen LogP contribution in [-0.2, 0) is 6.42 Å². The summed E-state index contributed by atoms with van der Waals surface area (Å²) in [4.78, 5) is 17.3. The fourth-order valence-electron chi connectivity index (χ4n) is 2.72. The number of nitrogens with zero attached hydrogens (tertiary/aromatic N) is 4. The topological polar surface area (TPSA) is 107 Å². The van der Waals surface area contributed by atoms with E-state index in [1.807, 2.05) is 0 Å². The lowest BCUT2D eigenvalue weighted by Crippen LogP contribution is -2.13. The molecule has 0 spiro atoms. The Morgan fingerprint density at radius 2 is 2.19 bits per heavy atom. The Kier molecular flexibility index (Phi) is 4.44. The Hall–Kier alpha value is -3.07. The smallest absolute Gasteiger partial charge is 0.259 e. The van der Waals surface area contributed by atoms with E-state index in [0.717, 1.165) is 11.4 Å². The minimum Gasteiger partial charge on any atom is -0.463 e. The molecule has 27 heavy (non-hydrogen) atoms. The molecule has 0 aliphatic carbocycles. The number of aryl methyl sites for hydroxylation is 1. The van der Waals surface area contributed by atoms with Gasteiger partial charge in [0.15, 0.2) is 5.76 Å². The van der Waals surface area contributed by atoms with E-state index in [4.69, 9.17) is 8.94 Å². The van der Waals surface area contributed by atoms with Gasteiger partial charge in [-0.3, -0.25) is 10.1 Å². The molecule has 0 aromatic carbocycles. The summed E-state index contributed by atoms with van der Waals surface area (Å²) in [5.41, 5.74) is 1.76. The minimum absolute atomic E-state index is 0.282. The van der Waals surface area contributed by atoms with Gasteiger partial charge >= 0.3 is 0 Å². The fourth-order valence-corrected chi connectivity index (χ4v) is 3.67. The summed E-state index contributed by atoms with van der Waals surface area (Å²) in [5.74, 6) is 0.681. The van der Waals surface area contributed by atoms with Gasteiger partial charge in [-0.15, -0.1) is 10.2 Å². The SMILES string of the molecule is Cc1noc2nc(-c3ccco3)cc(C(=O)Nc3nnc(CC(C)C)s3)c12. The fraction of sp³-hybridized carbons (Fsp3) is 0.278. The monoisotopic (exact) mass is 383 g/mol. The van der Waals surface area contributed by atoms with Crippen molar-refractivity contribution in [3.8, 4) is 11.5 Å². The zero-order valence-corrected chi connectivity index (χ0v) is 15.8. The number of fused-ring (bicyclic) bond motifs is 1. The lowest BCUT2D eigenvalue weighted by atomic mass is 10.1. The molecule has 1 amide bonds. The summed E-state index contributed by atoms with van der Waals surface area (Å²) in [5, 5.41) is 16.8. The predicted molar refractivity (Wildman–Crippen MR) is 101 cm³/mol. The number of rotatable bonds is 5. The van der Waals surface area contributed by atoms with Gasteiger partial charge in [-0.05, 0) is 31.0 Å². The second-order valence-electron chi connectivity index (χ2n) is 6.53. The van der Waals surface area contributed by atoms with Crippen LogP contribution >= 0.6 is 11.3 Å². The van der Waals surface area contributed by atoms with Crippen molar-refractivity contribution in [1.29, 1.82) is 0 Å². The maximum Gasteiger partial charge on any atom is 0.259 e. The molecule has 0 fully saturated rings. The van der Waals surface area contributed by atoms with E-state index in [-0.39, 0.29) is 11.6 Å². The summed E-state index contributed by atoms with van der Waals surface area (Å²) in [6, 6.07) is 5.18. The number of pyridine rings is 1. The van der Waals surface area contributed by atoms with E-state index in [2.05, 4.69) is 39.5 Å². The largest absolute Gasteiger partial charge is 0.463 e. The molecule has 0 radical (unpaired) electrons. The van der Waals surface area contributed by atoms with Gasteiger partial charge in [-0.1, -0.05) is 30.3 Å². The van der Waals surface area contributed by atoms with E-state index < -0.39 is 0 Å². The van der Waals surface area contributed by atoms with Crippen molar-refractivity contribution >= 4 is 33.5 Å². The highest BCUT2D eigenvalue weighted by Gasteiger charge is 2.21. The molecule has 0 atom stereocenters. The molecular weight excluding hydrogens is 366 g/mol. The number of anilines is 1. The van der Waals surface area contributed by atoms with E-state index in [1.165, 1.54) is 11.3 Å². The average molecular weight is 383 g/mol. The number of hydrogen-bond donors (Lipinski definition) is 1. The van der Waals surface area contributed by atoms with Gasteiger partial charge in [0.25, 0.3) is 11.6 Å². The van der Waals surface area contributed by atoms with Crippen molar-refractivity contribution in [2.75, 3.05) is 5.32 Å². The van der Waals surface area contributed by atoms with Crippen LogP contribution in [0.2, 0.25) is 0 Å². The van der Waals surface area contributed by atoms with Gasteiger partial charge in [0.2, 0.25) is 5.13 Å². The van der Waals surface area contributed by atoms with Crippen LogP contribution < -0.4 is 5.32 Å². The zero-order valence-electron chi connectivity index (χ0n) is 15.0. The summed E-state index contributed by atoms with van der Waals surface area (Å²) in [6.45, 7) is 5.99. The van der Waals surface area contributed by atoms with Crippen LogP contribution in [0, 0.1) is 12.8 Å². The van der Waals surface area contributed by atoms with Crippen molar-refractivity contribution in [2.45, 2.75) is 27.2 Å². The van der Waals surface area contributed by atoms with Gasteiger partial charge < -0.3 is 8.94 Å². The standard InChI is InChI=1S/C18H17N5O3S/c1-9(2)7-14-21-22-18(27-14)20-16(24)11-8-12(13-5-4-6-25-13)19-17-15(11)10(3)23-26-17/h4-6,8-9H,7H2,1-3H3,(H,20,22,24). The molecule has 0 aliphatic rings. The molecule has 9 heteroatoms. The minimum atomic E-state index is -0.325. The lowest BCUT2D eigenvalue weighted by molar-refractivity contribution is 0.102. The van der Waals surface area contributed by atoms with E-state index in [9.17, 15) is 4.79 Å². The molecule has 4 rings (SSSR count). The summed E-state index contributed by atoms with van der Waals surface area (Å²) < 4.78 is 10.7.